The van der Waals surface area contributed by atoms with Gasteiger partial charge in [-0.3, -0.25) is 9.59 Å². The lowest BCUT2D eigenvalue weighted by Gasteiger charge is -2.24. The zero-order valence-electron chi connectivity index (χ0n) is 16.4. The molecule has 2 aromatic rings. The van der Waals surface area contributed by atoms with Crippen LogP contribution in [-0.2, 0) is 9.59 Å². The Kier molecular flexibility index (Phi) is 6.19. The van der Waals surface area contributed by atoms with Crippen molar-refractivity contribution in [3.8, 4) is 0 Å². The van der Waals surface area contributed by atoms with Crippen molar-refractivity contribution in [3.63, 3.8) is 0 Å². The third kappa shape index (κ3) is 4.64. The quantitative estimate of drug-likeness (QED) is 0.610. The van der Waals surface area contributed by atoms with Crippen molar-refractivity contribution in [2.45, 2.75) is 44.6 Å². The molecule has 0 spiro atoms. The summed E-state index contributed by atoms with van der Waals surface area (Å²) in [5.74, 6) is -1.04. The van der Waals surface area contributed by atoms with Crippen LogP contribution in [-0.4, -0.2) is 24.4 Å². The number of carbonyl (C=O) groups is 2. The van der Waals surface area contributed by atoms with Crippen LogP contribution in [0.2, 0.25) is 0 Å². The largest absolute Gasteiger partial charge is 0.382 e. The first-order chi connectivity index (χ1) is 14.1. The first-order valence-corrected chi connectivity index (χ1v) is 11.1. The van der Waals surface area contributed by atoms with E-state index in [4.69, 9.17) is 0 Å². The van der Waals surface area contributed by atoms with Crippen LogP contribution in [0.3, 0.4) is 0 Å². The maximum absolute atomic E-state index is 12.8. The van der Waals surface area contributed by atoms with E-state index in [1.807, 2.05) is 48.5 Å². The molecule has 2 fully saturated rings. The Balaban J connectivity index is 1.35. The summed E-state index contributed by atoms with van der Waals surface area (Å²) in [4.78, 5) is 27.2. The third-order valence-corrected chi connectivity index (χ3v) is 6.46. The van der Waals surface area contributed by atoms with E-state index in [1.165, 1.54) is 32.1 Å². The third-order valence-electron chi connectivity index (χ3n) is 5.79. The molecule has 0 bridgehead atoms. The summed E-state index contributed by atoms with van der Waals surface area (Å²) >= 11 is 3.49. The van der Waals surface area contributed by atoms with E-state index < -0.39 is 5.92 Å². The second kappa shape index (κ2) is 8.99. The van der Waals surface area contributed by atoms with E-state index in [9.17, 15) is 9.59 Å². The summed E-state index contributed by atoms with van der Waals surface area (Å²) in [5, 5.41) is 6.48. The molecule has 1 atom stereocenters. The van der Waals surface area contributed by atoms with Crippen LogP contribution in [0.4, 0.5) is 17.1 Å². The molecular formula is C23H26BrN3O2. The van der Waals surface area contributed by atoms with E-state index in [0.29, 0.717) is 19.0 Å². The van der Waals surface area contributed by atoms with Crippen molar-refractivity contribution in [1.82, 2.24) is 0 Å². The molecule has 5 nitrogen and oxygen atoms in total. The minimum Gasteiger partial charge on any atom is -0.382 e. The number of rotatable bonds is 5. The summed E-state index contributed by atoms with van der Waals surface area (Å²) in [5.41, 5.74) is 2.61. The molecule has 29 heavy (non-hydrogen) atoms. The number of anilines is 3. The lowest BCUT2D eigenvalue weighted by Crippen LogP contribution is -2.33. The van der Waals surface area contributed by atoms with Crippen molar-refractivity contribution in [3.05, 3.63) is 53.0 Å². The van der Waals surface area contributed by atoms with Crippen LogP contribution in [0.5, 0.6) is 0 Å². The van der Waals surface area contributed by atoms with Crippen LogP contribution >= 0.6 is 15.9 Å². The maximum Gasteiger partial charge on any atom is 0.239 e. The van der Waals surface area contributed by atoms with Crippen LogP contribution in [0.15, 0.2) is 53.0 Å². The first kappa shape index (κ1) is 20.0. The van der Waals surface area contributed by atoms with Gasteiger partial charge in [-0.05, 0) is 71.6 Å². The van der Waals surface area contributed by atoms with Gasteiger partial charge in [-0.25, -0.2) is 0 Å². The zero-order chi connectivity index (χ0) is 20.2. The number of amides is 2. The number of halogens is 1. The highest BCUT2D eigenvalue weighted by atomic mass is 79.9. The molecule has 0 radical (unpaired) electrons. The molecule has 1 saturated heterocycles. The van der Waals surface area contributed by atoms with Gasteiger partial charge in [0.15, 0.2) is 0 Å². The van der Waals surface area contributed by atoms with Crippen LogP contribution in [0, 0.1) is 5.92 Å². The van der Waals surface area contributed by atoms with E-state index in [-0.39, 0.29) is 11.8 Å². The van der Waals surface area contributed by atoms with Crippen molar-refractivity contribution in [2.24, 2.45) is 5.92 Å². The Labute approximate surface area is 180 Å². The van der Waals surface area contributed by atoms with Crippen molar-refractivity contribution in [2.75, 3.05) is 22.1 Å². The molecule has 2 aliphatic rings. The maximum atomic E-state index is 12.8. The topological polar surface area (TPSA) is 61.4 Å². The fourth-order valence-corrected chi connectivity index (χ4v) is 4.69. The molecule has 1 aliphatic heterocycles. The Morgan fingerprint density at radius 3 is 2.34 bits per heavy atom. The smallest absolute Gasteiger partial charge is 0.239 e. The van der Waals surface area contributed by atoms with Crippen LogP contribution < -0.4 is 15.5 Å². The van der Waals surface area contributed by atoms with Gasteiger partial charge in [0.05, 0.1) is 5.69 Å². The molecule has 1 unspecified atom stereocenters. The molecule has 152 valence electrons. The highest BCUT2D eigenvalue weighted by Gasteiger charge is 2.38. The van der Waals surface area contributed by atoms with Gasteiger partial charge in [0, 0.05) is 28.4 Å². The summed E-state index contributed by atoms with van der Waals surface area (Å²) in [6.07, 6.45) is 6.87. The molecule has 0 aromatic heterocycles. The lowest BCUT2D eigenvalue weighted by molar-refractivity contribution is -0.129. The average Bonchev–Trinajstić information content (AvgIpc) is 3.12. The van der Waals surface area contributed by atoms with Gasteiger partial charge in [-0.1, -0.05) is 31.4 Å². The van der Waals surface area contributed by atoms with Gasteiger partial charge in [-0.15, -0.1) is 0 Å². The average molecular weight is 456 g/mol. The van der Waals surface area contributed by atoms with Crippen molar-refractivity contribution in [1.29, 1.82) is 0 Å². The Bertz CT molecular complexity index is 878. The second-order valence-electron chi connectivity index (χ2n) is 7.83. The highest BCUT2D eigenvalue weighted by molar-refractivity contribution is 9.10. The number of nitrogens with one attached hydrogen (secondary N) is 2. The summed E-state index contributed by atoms with van der Waals surface area (Å²) < 4.78 is 0.857. The number of benzene rings is 2. The lowest BCUT2D eigenvalue weighted by atomic mass is 9.95. The predicted octanol–water partition coefficient (Wildman–Crippen LogP) is 5.19. The molecule has 2 N–H and O–H groups in total. The molecule has 2 aromatic carbocycles. The molecular weight excluding hydrogens is 430 g/mol. The summed E-state index contributed by atoms with van der Waals surface area (Å²) in [6.45, 7) is 0.545. The molecule has 1 heterocycles. The highest BCUT2D eigenvalue weighted by Crippen LogP contribution is 2.32. The van der Waals surface area contributed by atoms with E-state index >= 15 is 0 Å². The van der Waals surface area contributed by atoms with E-state index in [1.54, 1.807) is 4.90 Å². The Morgan fingerprint density at radius 1 is 0.931 bits per heavy atom. The van der Waals surface area contributed by atoms with E-state index in [0.717, 1.165) is 21.5 Å². The van der Waals surface area contributed by atoms with Crippen LogP contribution in [0.25, 0.3) is 0 Å². The van der Waals surface area contributed by atoms with Gasteiger partial charge in [-0.2, -0.15) is 0 Å². The standard InChI is InChI=1S/C23H26BrN3O2/c24-20-8-4-5-9-21(20)27-15-14-19(23(27)29)22(28)26-18-12-10-17(11-13-18)25-16-6-2-1-3-7-16/h4-5,8-13,16,19,25H,1-3,6-7,14-15H2,(H,26,28). The molecule has 1 aliphatic carbocycles. The fraction of sp³-hybridized carbons (Fsp3) is 0.391. The second-order valence-corrected chi connectivity index (χ2v) is 8.68. The predicted molar refractivity (Wildman–Crippen MR) is 120 cm³/mol. The normalized spacial score (nSPS) is 20.0. The molecule has 1 saturated carbocycles. The van der Waals surface area contributed by atoms with E-state index in [2.05, 4.69) is 26.6 Å². The number of nitrogens with zero attached hydrogens (tertiary/aromatic N) is 1. The monoisotopic (exact) mass is 455 g/mol. The minimum absolute atomic E-state index is 0.148. The van der Waals surface area contributed by atoms with Gasteiger partial charge < -0.3 is 15.5 Å². The number of hydrogen-bond acceptors (Lipinski definition) is 3. The molecule has 6 heteroatoms. The van der Waals surface area contributed by atoms with Crippen molar-refractivity contribution < 1.29 is 9.59 Å². The Morgan fingerprint density at radius 2 is 1.62 bits per heavy atom. The van der Waals surface area contributed by atoms with Gasteiger partial charge in [0.2, 0.25) is 11.8 Å². The number of hydrogen-bond donors (Lipinski definition) is 2. The van der Waals surface area contributed by atoms with Crippen LogP contribution in [0.1, 0.15) is 38.5 Å². The minimum atomic E-state index is -0.651. The van der Waals surface area contributed by atoms with Gasteiger partial charge in [0.1, 0.15) is 5.92 Å². The SMILES string of the molecule is O=C(Nc1ccc(NC2CCCCC2)cc1)C1CCN(c2ccccc2Br)C1=O. The van der Waals surface area contributed by atoms with Gasteiger partial charge >= 0.3 is 0 Å². The zero-order valence-corrected chi connectivity index (χ0v) is 18.0. The fourth-order valence-electron chi connectivity index (χ4n) is 4.19. The first-order valence-electron chi connectivity index (χ1n) is 10.4. The van der Waals surface area contributed by atoms with Gasteiger partial charge in [0.25, 0.3) is 0 Å². The number of carbonyl (C=O) groups excluding carboxylic acids is 2. The Hall–Kier alpha value is -2.34. The summed E-state index contributed by atoms with van der Waals surface area (Å²) in [6, 6.07) is 15.9. The molecule has 2 amide bonds. The van der Waals surface area contributed by atoms with Crippen molar-refractivity contribution >= 4 is 44.8 Å². The number of para-hydroxylation sites is 1. The molecule has 4 rings (SSSR count). The summed E-state index contributed by atoms with van der Waals surface area (Å²) in [7, 11) is 0.